The second-order valence-electron chi connectivity index (χ2n) is 3.56. The van der Waals surface area contributed by atoms with Gasteiger partial charge in [-0.3, -0.25) is 0 Å². The topological polar surface area (TPSA) is 43.8 Å². The van der Waals surface area contributed by atoms with Crippen LogP contribution in [0, 0.1) is 0 Å². The maximum absolute atomic E-state index is 5.52. The van der Waals surface area contributed by atoms with E-state index in [-0.39, 0.29) is 12.6 Å². The predicted octanol–water partition coefficient (Wildman–Crippen LogP) is 0.863. The van der Waals surface area contributed by atoms with Gasteiger partial charge in [0.15, 0.2) is 12.6 Å². The van der Waals surface area contributed by atoms with E-state index >= 15 is 0 Å². The van der Waals surface area contributed by atoms with E-state index in [2.05, 4.69) is 9.88 Å². The Morgan fingerprint density at radius 3 is 2.44 bits per heavy atom. The summed E-state index contributed by atoms with van der Waals surface area (Å²) < 4.78 is 15.9. The maximum Gasteiger partial charge on any atom is 0.177 e. The Hall–Kier alpha value is -1.17. The van der Waals surface area contributed by atoms with Crippen molar-refractivity contribution in [1.82, 2.24) is 4.98 Å². The fraction of sp³-hybridized carbons (Fsp3) is 0.545. The molecule has 1 aromatic rings. The highest BCUT2D eigenvalue weighted by Gasteiger charge is 2.28. The third kappa shape index (κ3) is 2.49. The van der Waals surface area contributed by atoms with Crippen LogP contribution in [-0.4, -0.2) is 44.9 Å². The molecule has 1 aliphatic heterocycles. The first-order chi connectivity index (χ1) is 7.83. The van der Waals surface area contributed by atoms with E-state index in [1.165, 1.54) is 0 Å². The van der Waals surface area contributed by atoms with Crippen LogP contribution in [0.4, 0.5) is 5.82 Å². The van der Waals surface area contributed by atoms with Crippen molar-refractivity contribution in [2.75, 3.05) is 32.2 Å². The molecule has 1 aromatic heterocycles. The Morgan fingerprint density at radius 1 is 1.25 bits per heavy atom. The molecule has 88 valence electrons. The number of hydrogen-bond acceptors (Lipinski definition) is 5. The fourth-order valence-corrected chi connectivity index (χ4v) is 1.68. The summed E-state index contributed by atoms with van der Waals surface area (Å²) in [5, 5.41) is 0. The Bertz CT molecular complexity index is 308. The molecule has 1 fully saturated rings. The number of ether oxygens (including phenoxy) is 3. The number of hydrogen-bond donors (Lipinski definition) is 0. The monoisotopic (exact) mass is 224 g/mol. The van der Waals surface area contributed by atoms with E-state index in [1.807, 2.05) is 18.2 Å². The third-order valence-electron chi connectivity index (χ3n) is 2.54. The van der Waals surface area contributed by atoms with E-state index in [0.717, 1.165) is 5.82 Å². The highest BCUT2D eigenvalue weighted by atomic mass is 16.8. The number of nitrogens with zero attached hydrogens (tertiary/aromatic N) is 2. The second kappa shape index (κ2) is 5.25. The zero-order valence-corrected chi connectivity index (χ0v) is 9.50. The first kappa shape index (κ1) is 11.3. The standard InChI is InChI=1S/C11H16N2O3/c1-14-10-7-13(8-11(15-2)16-10)9-5-3-4-6-12-9/h3-6,10-11H,7-8H2,1-2H3/t10-,11+. The van der Waals surface area contributed by atoms with Crippen LogP contribution >= 0.6 is 0 Å². The summed E-state index contributed by atoms with van der Waals surface area (Å²) in [6.07, 6.45) is 1.22. The van der Waals surface area contributed by atoms with Crippen LogP contribution in [0.2, 0.25) is 0 Å². The van der Waals surface area contributed by atoms with Crippen LogP contribution in [-0.2, 0) is 14.2 Å². The van der Waals surface area contributed by atoms with Crippen LogP contribution in [0.25, 0.3) is 0 Å². The molecule has 0 unspecified atom stereocenters. The molecule has 0 saturated carbocycles. The Balaban J connectivity index is 2.09. The van der Waals surface area contributed by atoms with E-state index in [4.69, 9.17) is 14.2 Å². The first-order valence-electron chi connectivity index (χ1n) is 5.20. The van der Waals surface area contributed by atoms with E-state index in [1.54, 1.807) is 20.4 Å². The maximum atomic E-state index is 5.52. The van der Waals surface area contributed by atoms with Crippen LogP contribution in [0.15, 0.2) is 24.4 Å². The number of anilines is 1. The number of methoxy groups -OCH3 is 2. The molecule has 0 radical (unpaired) electrons. The molecule has 1 aliphatic rings. The lowest BCUT2D eigenvalue weighted by atomic mass is 10.3. The minimum absolute atomic E-state index is 0.277. The van der Waals surface area contributed by atoms with Gasteiger partial charge in [0.05, 0.1) is 13.1 Å². The zero-order chi connectivity index (χ0) is 11.4. The van der Waals surface area contributed by atoms with Crippen LogP contribution < -0.4 is 4.90 Å². The molecule has 5 heteroatoms. The lowest BCUT2D eigenvalue weighted by Gasteiger charge is -2.36. The number of rotatable bonds is 3. The Labute approximate surface area is 94.9 Å². The number of aromatic nitrogens is 1. The Morgan fingerprint density at radius 2 is 1.94 bits per heavy atom. The number of pyridine rings is 1. The minimum Gasteiger partial charge on any atom is -0.354 e. The average molecular weight is 224 g/mol. The van der Waals surface area contributed by atoms with Crippen molar-refractivity contribution in [3.05, 3.63) is 24.4 Å². The van der Waals surface area contributed by atoms with Crippen molar-refractivity contribution < 1.29 is 14.2 Å². The summed E-state index contributed by atoms with van der Waals surface area (Å²) in [5.74, 6) is 0.912. The molecule has 0 amide bonds. The second-order valence-corrected chi connectivity index (χ2v) is 3.56. The molecule has 1 saturated heterocycles. The predicted molar refractivity (Wildman–Crippen MR) is 59.1 cm³/mol. The SMILES string of the molecule is CO[C@H]1CN(c2ccccn2)C[C@@H](OC)O1. The summed E-state index contributed by atoms with van der Waals surface area (Å²) in [7, 11) is 3.25. The van der Waals surface area contributed by atoms with Crippen LogP contribution in [0.3, 0.4) is 0 Å². The van der Waals surface area contributed by atoms with Gasteiger partial charge in [0, 0.05) is 20.4 Å². The molecule has 2 heterocycles. The quantitative estimate of drug-likeness (QED) is 0.762. The highest BCUT2D eigenvalue weighted by Crippen LogP contribution is 2.18. The molecule has 0 aromatic carbocycles. The minimum atomic E-state index is -0.277. The van der Waals surface area contributed by atoms with E-state index in [9.17, 15) is 0 Å². The van der Waals surface area contributed by atoms with Crippen molar-refractivity contribution in [2.24, 2.45) is 0 Å². The van der Waals surface area contributed by atoms with Gasteiger partial charge in [-0.25, -0.2) is 4.98 Å². The van der Waals surface area contributed by atoms with Gasteiger partial charge in [0.2, 0.25) is 0 Å². The summed E-state index contributed by atoms with van der Waals surface area (Å²) in [5.41, 5.74) is 0. The third-order valence-corrected chi connectivity index (χ3v) is 2.54. The van der Waals surface area contributed by atoms with Gasteiger partial charge in [-0.05, 0) is 12.1 Å². The Kier molecular flexibility index (Phi) is 3.71. The van der Waals surface area contributed by atoms with Crippen LogP contribution in [0.5, 0.6) is 0 Å². The molecule has 0 aliphatic carbocycles. The zero-order valence-electron chi connectivity index (χ0n) is 9.50. The van der Waals surface area contributed by atoms with Crippen molar-refractivity contribution in [2.45, 2.75) is 12.6 Å². The van der Waals surface area contributed by atoms with Crippen molar-refractivity contribution >= 4 is 5.82 Å². The van der Waals surface area contributed by atoms with Gasteiger partial charge >= 0.3 is 0 Å². The molecule has 2 atom stereocenters. The molecular formula is C11H16N2O3. The van der Waals surface area contributed by atoms with Crippen molar-refractivity contribution in [1.29, 1.82) is 0 Å². The molecule has 5 nitrogen and oxygen atoms in total. The van der Waals surface area contributed by atoms with E-state index < -0.39 is 0 Å². The molecule has 2 rings (SSSR count). The molecule has 16 heavy (non-hydrogen) atoms. The summed E-state index contributed by atoms with van der Waals surface area (Å²) in [6.45, 7) is 1.32. The number of morpholine rings is 1. The summed E-state index contributed by atoms with van der Waals surface area (Å²) >= 11 is 0. The highest BCUT2D eigenvalue weighted by molar-refractivity contribution is 5.38. The molecular weight excluding hydrogens is 208 g/mol. The summed E-state index contributed by atoms with van der Waals surface area (Å²) in [4.78, 5) is 6.39. The fourth-order valence-electron chi connectivity index (χ4n) is 1.68. The molecule has 0 bridgehead atoms. The average Bonchev–Trinajstić information content (AvgIpc) is 2.39. The molecule has 0 spiro atoms. The largest absolute Gasteiger partial charge is 0.354 e. The smallest absolute Gasteiger partial charge is 0.177 e. The van der Waals surface area contributed by atoms with Gasteiger partial charge in [-0.15, -0.1) is 0 Å². The van der Waals surface area contributed by atoms with Gasteiger partial charge < -0.3 is 19.1 Å². The van der Waals surface area contributed by atoms with Gasteiger partial charge in [-0.2, -0.15) is 0 Å². The van der Waals surface area contributed by atoms with Gasteiger partial charge in [0.1, 0.15) is 5.82 Å². The lowest BCUT2D eigenvalue weighted by molar-refractivity contribution is -0.235. The van der Waals surface area contributed by atoms with Gasteiger partial charge in [-0.1, -0.05) is 6.07 Å². The molecule has 0 N–H and O–H groups in total. The van der Waals surface area contributed by atoms with Crippen molar-refractivity contribution in [3.8, 4) is 0 Å². The van der Waals surface area contributed by atoms with Crippen molar-refractivity contribution in [3.63, 3.8) is 0 Å². The lowest BCUT2D eigenvalue weighted by Crippen LogP contribution is -2.49. The normalized spacial score (nSPS) is 25.8. The first-order valence-corrected chi connectivity index (χ1v) is 5.20. The van der Waals surface area contributed by atoms with E-state index in [0.29, 0.717) is 13.1 Å². The van der Waals surface area contributed by atoms with Gasteiger partial charge in [0.25, 0.3) is 0 Å². The summed E-state index contributed by atoms with van der Waals surface area (Å²) in [6, 6.07) is 5.82. The van der Waals surface area contributed by atoms with Crippen LogP contribution in [0.1, 0.15) is 0 Å².